The molecule has 0 aliphatic carbocycles. The Balaban J connectivity index is 2.28. The Morgan fingerprint density at radius 2 is 1.46 bits per heavy atom. The maximum Gasteiger partial charge on any atom is 0.0967 e. The van der Waals surface area contributed by atoms with Gasteiger partial charge in [-0.1, -0.05) is 71.5 Å². The molecule has 2 rings (SSSR count). The normalized spacial score (nSPS) is 11.7. The van der Waals surface area contributed by atoms with Gasteiger partial charge in [0, 0.05) is 11.1 Å². The van der Waals surface area contributed by atoms with Gasteiger partial charge in [0.15, 0.2) is 0 Å². The van der Waals surface area contributed by atoms with Crippen LogP contribution in [0.4, 0.5) is 0 Å². The van der Waals surface area contributed by atoms with E-state index in [0.717, 1.165) is 10.1 Å². The van der Waals surface area contributed by atoms with Crippen molar-refractivity contribution in [2.24, 2.45) is 0 Å². The van der Waals surface area contributed by atoms with Crippen molar-refractivity contribution >= 4 is 23.5 Å². The Morgan fingerprint density at radius 3 is 1.92 bits per heavy atom. The van der Waals surface area contributed by atoms with E-state index in [1.54, 1.807) is 0 Å². The fraction of sp³-hybridized carbons (Fsp3) is 0.476. The van der Waals surface area contributed by atoms with Crippen LogP contribution in [0.2, 0.25) is 0 Å². The quantitative estimate of drug-likeness (QED) is 0.380. The Hall–Kier alpha value is -0.930. The van der Waals surface area contributed by atoms with E-state index in [-0.39, 0.29) is 0 Å². The highest BCUT2D eigenvalue weighted by atomic mass is 32.2. The van der Waals surface area contributed by atoms with Crippen LogP contribution in [0, 0.1) is 0 Å². The van der Waals surface area contributed by atoms with Gasteiger partial charge in [-0.2, -0.15) is 0 Å². The van der Waals surface area contributed by atoms with Crippen LogP contribution in [0.25, 0.3) is 0 Å². The van der Waals surface area contributed by atoms with Gasteiger partial charge in [-0.05, 0) is 46.6 Å². The van der Waals surface area contributed by atoms with E-state index < -0.39 is 0 Å². The summed E-state index contributed by atoms with van der Waals surface area (Å²) < 4.78 is 0. The summed E-state index contributed by atoms with van der Waals surface area (Å²) in [4.78, 5) is 5.89. The van der Waals surface area contributed by atoms with Crippen molar-refractivity contribution in [3.63, 3.8) is 0 Å². The van der Waals surface area contributed by atoms with Gasteiger partial charge >= 0.3 is 0 Å². The summed E-state index contributed by atoms with van der Waals surface area (Å²) in [7, 11) is 0. The second-order valence-corrected chi connectivity index (χ2v) is 9.41. The van der Waals surface area contributed by atoms with Crippen LogP contribution in [0.1, 0.15) is 76.0 Å². The first-order valence-corrected chi connectivity index (χ1v) is 10.7. The number of hydrogen-bond donors (Lipinski definition) is 0. The molecular weight excluding hydrogens is 330 g/mol. The third-order valence-electron chi connectivity index (χ3n) is 4.13. The highest BCUT2D eigenvalue weighted by molar-refractivity contribution is 8.16. The second-order valence-electron chi connectivity index (χ2n) is 7.07. The first kappa shape index (κ1) is 19.4. The Morgan fingerprint density at radius 1 is 0.833 bits per heavy atom. The van der Waals surface area contributed by atoms with Crippen LogP contribution in [0.5, 0.6) is 0 Å². The summed E-state index contributed by atoms with van der Waals surface area (Å²) in [5.74, 6) is 1.66. The Bertz CT molecular complexity index is 619. The van der Waals surface area contributed by atoms with Gasteiger partial charge in [0.1, 0.15) is 0 Å². The topological polar surface area (TPSA) is 12.9 Å². The molecule has 1 aromatic carbocycles. The van der Waals surface area contributed by atoms with Gasteiger partial charge in [-0.15, -0.1) is 11.8 Å². The molecule has 3 heteroatoms. The smallest absolute Gasteiger partial charge is 0.0967 e. The van der Waals surface area contributed by atoms with Crippen LogP contribution >= 0.6 is 23.5 Å². The fourth-order valence-corrected chi connectivity index (χ4v) is 5.06. The minimum absolute atomic E-state index is 0.545. The molecule has 1 nitrogen and oxygen atoms in total. The van der Waals surface area contributed by atoms with Gasteiger partial charge in [0.05, 0.1) is 10.1 Å². The summed E-state index contributed by atoms with van der Waals surface area (Å²) in [6.07, 6.45) is 1.86. The van der Waals surface area contributed by atoms with E-state index in [1.807, 2.05) is 35.8 Å². The van der Waals surface area contributed by atoms with Gasteiger partial charge in [-0.25, -0.2) is 4.98 Å². The highest BCUT2D eigenvalue weighted by Crippen LogP contribution is 2.40. The fourth-order valence-electron chi connectivity index (χ4n) is 2.64. The predicted molar refractivity (Wildman–Crippen MR) is 110 cm³/mol. The first-order valence-electron chi connectivity index (χ1n) is 8.74. The zero-order valence-corrected chi connectivity index (χ0v) is 17.3. The zero-order chi connectivity index (χ0) is 17.7. The molecule has 0 amide bonds. The average molecular weight is 360 g/mol. The zero-order valence-electron chi connectivity index (χ0n) is 15.7. The predicted octanol–water partition coefficient (Wildman–Crippen LogP) is 7.29. The molecule has 2 aromatic rings. The lowest BCUT2D eigenvalue weighted by Gasteiger charge is -2.22. The monoisotopic (exact) mass is 359 g/mol. The average Bonchev–Trinajstić information content (AvgIpc) is 2.55. The van der Waals surface area contributed by atoms with Crippen LogP contribution in [0.15, 0.2) is 46.5 Å². The summed E-state index contributed by atoms with van der Waals surface area (Å²) >= 11 is 3.79. The van der Waals surface area contributed by atoms with Crippen LogP contribution in [0.3, 0.4) is 0 Å². The van der Waals surface area contributed by atoms with E-state index in [2.05, 4.69) is 70.8 Å². The van der Waals surface area contributed by atoms with Crippen LogP contribution < -0.4 is 0 Å². The van der Waals surface area contributed by atoms with Gasteiger partial charge in [0.25, 0.3) is 0 Å². The minimum Gasteiger partial charge on any atom is -0.250 e. The lowest BCUT2D eigenvalue weighted by Crippen LogP contribution is -2.03. The lowest BCUT2D eigenvalue weighted by molar-refractivity contribution is 0.772. The molecule has 0 atom stereocenters. The third-order valence-corrected chi connectivity index (χ3v) is 6.37. The molecule has 0 unspecified atom stereocenters. The molecule has 0 aliphatic heterocycles. The van der Waals surface area contributed by atoms with E-state index >= 15 is 0 Å². The molecular formula is C21H29NS2. The Labute approximate surface area is 156 Å². The third kappa shape index (κ3) is 5.03. The molecule has 1 heterocycles. The van der Waals surface area contributed by atoms with Gasteiger partial charge < -0.3 is 0 Å². The number of rotatable bonds is 7. The Kier molecular flexibility index (Phi) is 7.24. The number of thioether (sulfide) groups is 2. The maximum atomic E-state index is 4.41. The summed E-state index contributed by atoms with van der Waals surface area (Å²) in [6.45, 7) is 13.8. The first-order chi connectivity index (χ1) is 11.4. The van der Waals surface area contributed by atoms with E-state index in [1.165, 1.54) is 21.6 Å². The molecule has 0 spiro atoms. The van der Waals surface area contributed by atoms with Gasteiger partial charge in [0.2, 0.25) is 0 Å². The molecule has 0 saturated heterocycles. The number of nitrogens with zero attached hydrogens (tertiary/aromatic N) is 1. The second kappa shape index (κ2) is 8.96. The molecule has 0 N–H and O–H groups in total. The summed E-state index contributed by atoms with van der Waals surface area (Å²) in [5, 5.41) is 2.10. The molecule has 0 fully saturated rings. The molecule has 0 radical (unpaired) electrons. The molecule has 0 aliphatic rings. The summed E-state index contributed by atoms with van der Waals surface area (Å²) in [6, 6.07) is 11.0. The van der Waals surface area contributed by atoms with E-state index in [4.69, 9.17) is 0 Å². The number of aromatic nitrogens is 1. The molecule has 0 saturated carbocycles. The molecule has 0 bridgehead atoms. The number of hydrogen-bond acceptors (Lipinski definition) is 3. The van der Waals surface area contributed by atoms with E-state index in [9.17, 15) is 0 Å². The minimum atomic E-state index is 0.545. The van der Waals surface area contributed by atoms with Crippen molar-refractivity contribution in [3.05, 3.63) is 53.2 Å². The van der Waals surface area contributed by atoms with Crippen molar-refractivity contribution in [2.75, 3.05) is 5.08 Å². The largest absolute Gasteiger partial charge is 0.250 e. The molecule has 130 valence electrons. The van der Waals surface area contributed by atoms with Crippen molar-refractivity contribution in [3.8, 4) is 0 Å². The summed E-state index contributed by atoms with van der Waals surface area (Å²) in [5.41, 5.74) is 4.46. The van der Waals surface area contributed by atoms with Crippen molar-refractivity contribution in [1.82, 2.24) is 4.98 Å². The van der Waals surface area contributed by atoms with E-state index in [0.29, 0.717) is 17.8 Å². The van der Waals surface area contributed by atoms with Crippen molar-refractivity contribution in [2.45, 2.75) is 69.2 Å². The lowest BCUT2D eigenvalue weighted by atomic mass is 9.89. The van der Waals surface area contributed by atoms with Crippen LogP contribution in [-0.4, -0.2) is 10.1 Å². The van der Waals surface area contributed by atoms with Crippen LogP contribution in [-0.2, 0) is 0 Å². The maximum absolute atomic E-state index is 4.41. The SMILES string of the molecule is CC(C)c1cc(C(C)C)c(SCSc2ccccn2)c(C(C)C)c1. The van der Waals surface area contributed by atoms with Crippen molar-refractivity contribution < 1.29 is 0 Å². The van der Waals surface area contributed by atoms with Crippen molar-refractivity contribution in [1.29, 1.82) is 0 Å². The standard InChI is InChI=1S/C21H29NS2/c1-14(2)17-11-18(15(3)4)21(19(12-17)16(5)6)24-13-23-20-9-7-8-10-22-20/h7-12,14-16H,13H2,1-6H3. The molecule has 24 heavy (non-hydrogen) atoms. The number of benzene rings is 1. The number of pyridine rings is 1. The highest BCUT2D eigenvalue weighted by Gasteiger charge is 2.17. The van der Waals surface area contributed by atoms with Gasteiger partial charge in [-0.3, -0.25) is 0 Å². The molecule has 1 aromatic heterocycles.